The molecule has 14 heavy (non-hydrogen) atoms. The number of pyridine rings is 1. The first-order chi connectivity index (χ1) is 6.77. The first-order valence-electron chi connectivity index (χ1n) is 4.29. The normalized spacial score (nSPS) is 20.0. The topological polar surface area (TPSA) is 80.4 Å². The van der Waals surface area contributed by atoms with Crippen LogP contribution in [0.4, 0.5) is 0 Å². The summed E-state index contributed by atoms with van der Waals surface area (Å²) in [4.78, 5) is 19.1. The van der Waals surface area contributed by atoms with Crippen LogP contribution in [0.5, 0.6) is 0 Å². The van der Waals surface area contributed by atoms with E-state index in [2.05, 4.69) is 15.3 Å². The van der Waals surface area contributed by atoms with E-state index < -0.39 is 6.04 Å². The highest BCUT2D eigenvalue weighted by Crippen LogP contribution is 2.02. The third-order valence-electron chi connectivity index (χ3n) is 1.99. The molecule has 0 aromatic carbocycles. The van der Waals surface area contributed by atoms with Crippen LogP contribution in [0, 0.1) is 0 Å². The molecule has 1 aromatic heterocycles. The maximum Gasteiger partial charge on any atom is 0.241 e. The standard InChI is InChI=1S/C9H10N4O/c10-8(14)7-5-12-9(13-7)6-3-1-2-4-11-6/h1-4,7H,5H2,(H2,10,14)(H,12,13). The lowest BCUT2D eigenvalue weighted by Crippen LogP contribution is -2.41. The van der Waals surface area contributed by atoms with Crippen LogP contribution in [0.1, 0.15) is 5.69 Å². The van der Waals surface area contributed by atoms with E-state index in [-0.39, 0.29) is 5.91 Å². The Balaban J connectivity index is 2.13. The lowest BCUT2D eigenvalue weighted by atomic mass is 10.3. The Morgan fingerprint density at radius 1 is 1.57 bits per heavy atom. The van der Waals surface area contributed by atoms with Crippen molar-refractivity contribution in [2.75, 3.05) is 6.54 Å². The Hall–Kier alpha value is -1.91. The molecule has 1 amide bonds. The second-order valence-corrected chi connectivity index (χ2v) is 3.00. The van der Waals surface area contributed by atoms with Crippen molar-refractivity contribution in [1.29, 1.82) is 0 Å². The summed E-state index contributed by atoms with van der Waals surface area (Å²) in [6.45, 7) is 0.390. The molecule has 0 aliphatic carbocycles. The Morgan fingerprint density at radius 3 is 3.00 bits per heavy atom. The number of rotatable bonds is 2. The van der Waals surface area contributed by atoms with Crippen molar-refractivity contribution in [3.05, 3.63) is 30.1 Å². The van der Waals surface area contributed by atoms with Crippen molar-refractivity contribution in [2.45, 2.75) is 6.04 Å². The maximum absolute atomic E-state index is 10.8. The Kier molecular flexibility index (Phi) is 2.14. The van der Waals surface area contributed by atoms with Gasteiger partial charge in [0.25, 0.3) is 0 Å². The van der Waals surface area contributed by atoms with Gasteiger partial charge in [-0.15, -0.1) is 0 Å². The number of carbonyl (C=O) groups is 1. The number of primary amides is 1. The van der Waals surface area contributed by atoms with E-state index in [1.54, 1.807) is 6.20 Å². The second-order valence-electron chi connectivity index (χ2n) is 3.00. The lowest BCUT2D eigenvalue weighted by Gasteiger charge is -2.06. The molecule has 5 nitrogen and oxygen atoms in total. The zero-order valence-corrected chi connectivity index (χ0v) is 7.47. The molecule has 0 fully saturated rings. The summed E-state index contributed by atoms with van der Waals surface area (Å²) in [7, 11) is 0. The number of amidine groups is 1. The fourth-order valence-corrected chi connectivity index (χ4v) is 1.26. The average molecular weight is 190 g/mol. The monoisotopic (exact) mass is 190 g/mol. The van der Waals surface area contributed by atoms with E-state index >= 15 is 0 Å². The molecule has 5 heteroatoms. The van der Waals surface area contributed by atoms with Gasteiger partial charge in [-0.3, -0.25) is 14.8 Å². The summed E-state index contributed by atoms with van der Waals surface area (Å²) >= 11 is 0. The summed E-state index contributed by atoms with van der Waals surface area (Å²) in [6.07, 6.45) is 1.68. The highest BCUT2D eigenvalue weighted by molar-refractivity contribution is 6.01. The molecular weight excluding hydrogens is 180 g/mol. The van der Waals surface area contributed by atoms with Gasteiger partial charge in [-0.1, -0.05) is 6.07 Å². The smallest absolute Gasteiger partial charge is 0.241 e. The predicted octanol–water partition coefficient (Wildman–Crippen LogP) is -0.715. The van der Waals surface area contributed by atoms with Gasteiger partial charge >= 0.3 is 0 Å². The summed E-state index contributed by atoms with van der Waals surface area (Å²) in [5.41, 5.74) is 5.88. The maximum atomic E-state index is 10.8. The molecule has 72 valence electrons. The molecule has 0 spiro atoms. The quantitative estimate of drug-likeness (QED) is 0.646. The van der Waals surface area contributed by atoms with Crippen molar-refractivity contribution in [3.63, 3.8) is 0 Å². The minimum Gasteiger partial charge on any atom is -0.368 e. The molecule has 0 radical (unpaired) electrons. The van der Waals surface area contributed by atoms with Crippen LogP contribution in [0.25, 0.3) is 0 Å². The van der Waals surface area contributed by atoms with E-state index in [1.807, 2.05) is 18.2 Å². The molecule has 1 unspecified atom stereocenters. The van der Waals surface area contributed by atoms with Crippen molar-refractivity contribution < 1.29 is 4.79 Å². The highest BCUT2D eigenvalue weighted by Gasteiger charge is 2.23. The van der Waals surface area contributed by atoms with Gasteiger partial charge < -0.3 is 11.1 Å². The van der Waals surface area contributed by atoms with Gasteiger partial charge in [0.15, 0.2) is 0 Å². The highest BCUT2D eigenvalue weighted by atomic mass is 16.1. The summed E-state index contributed by atoms with van der Waals surface area (Å²) < 4.78 is 0. The molecule has 2 rings (SSSR count). The molecule has 2 heterocycles. The molecule has 0 bridgehead atoms. The Morgan fingerprint density at radius 2 is 2.43 bits per heavy atom. The molecule has 3 N–H and O–H groups in total. The molecule has 1 aromatic rings. The van der Waals surface area contributed by atoms with E-state index in [1.165, 1.54) is 0 Å². The molecular formula is C9H10N4O. The number of aliphatic imine (C=N–C) groups is 1. The minimum atomic E-state index is -0.396. The fourth-order valence-electron chi connectivity index (χ4n) is 1.26. The summed E-state index contributed by atoms with van der Waals surface area (Å²) in [6, 6.07) is 5.12. The molecule has 1 aliphatic rings. The van der Waals surface area contributed by atoms with Gasteiger partial charge in [-0.25, -0.2) is 0 Å². The number of amides is 1. The SMILES string of the molecule is NC(=O)C1CN=C(c2ccccn2)N1. The summed E-state index contributed by atoms with van der Waals surface area (Å²) in [5.74, 6) is 0.245. The average Bonchev–Trinajstić information content (AvgIpc) is 2.68. The minimum absolute atomic E-state index is 0.389. The second kappa shape index (κ2) is 3.45. The first-order valence-corrected chi connectivity index (χ1v) is 4.29. The third-order valence-corrected chi connectivity index (χ3v) is 1.99. The Bertz CT molecular complexity index is 374. The zero-order chi connectivity index (χ0) is 9.97. The van der Waals surface area contributed by atoms with E-state index in [4.69, 9.17) is 5.73 Å². The van der Waals surface area contributed by atoms with E-state index in [0.29, 0.717) is 12.4 Å². The van der Waals surface area contributed by atoms with Crippen molar-refractivity contribution in [2.24, 2.45) is 10.7 Å². The van der Waals surface area contributed by atoms with E-state index in [9.17, 15) is 4.79 Å². The fraction of sp³-hybridized carbons (Fsp3) is 0.222. The van der Waals surface area contributed by atoms with Crippen LogP contribution in [0.3, 0.4) is 0 Å². The molecule has 1 aliphatic heterocycles. The van der Waals surface area contributed by atoms with Gasteiger partial charge in [0.05, 0.1) is 6.54 Å². The van der Waals surface area contributed by atoms with Crippen molar-refractivity contribution in [3.8, 4) is 0 Å². The van der Waals surface area contributed by atoms with Crippen LogP contribution in [-0.4, -0.2) is 29.3 Å². The third kappa shape index (κ3) is 1.56. The number of nitrogens with one attached hydrogen (secondary N) is 1. The zero-order valence-electron chi connectivity index (χ0n) is 7.47. The summed E-state index contributed by atoms with van der Waals surface area (Å²) in [5, 5.41) is 2.92. The first kappa shape index (κ1) is 8.68. The van der Waals surface area contributed by atoms with Gasteiger partial charge in [0, 0.05) is 6.20 Å². The van der Waals surface area contributed by atoms with Crippen LogP contribution in [0.2, 0.25) is 0 Å². The van der Waals surface area contributed by atoms with Crippen LogP contribution in [0.15, 0.2) is 29.4 Å². The van der Waals surface area contributed by atoms with E-state index in [0.717, 1.165) is 5.69 Å². The number of hydrogen-bond donors (Lipinski definition) is 2. The number of hydrogen-bond acceptors (Lipinski definition) is 4. The number of carbonyl (C=O) groups excluding carboxylic acids is 1. The van der Waals surface area contributed by atoms with Crippen LogP contribution in [-0.2, 0) is 4.79 Å². The van der Waals surface area contributed by atoms with Gasteiger partial charge in [-0.2, -0.15) is 0 Å². The van der Waals surface area contributed by atoms with Crippen LogP contribution < -0.4 is 11.1 Å². The van der Waals surface area contributed by atoms with Gasteiger partial charge in [0.2, 0.25) is 5.91 Å². The number of nitrogens with zero attached hydrogens (tertiary/aromatic N) is 2. The lowest BCUT2D eigenvalue weighted by molar-refractivity contribution is -0.119. The number of nitrogens with two attached hydrogens (primary N) is 1. The predicted molar refractivity (Wildman–Crippen MR) is 51.8 cm³/mol. The van der Waals surface area contributed by atoms with Gasteiger partial charge in [0.1, 0.15) is 17.6 Å². The Labute approximate surface area is 81.1 Å². The van der Waals surface area contributed by atoms with Crippen molar-refractivity contribution in [1.82, 2.24) is 10.3 Å². The molecule has 0 saturated heterocycles. The number of aromatic nitrogens is 1. The largest absolute Gasteiger partial charge is 0.368 e. The van der Waals surface area contributed by atoms with Gasteiger partial charge in [-0.05, 0) is 12.1 Å². The molecule has 1 atom stereocenters. The van der Waals surface area contributed by atoms with Crippen LogP contribution >= 0.6 is 0 Å². The molecule has 0 saturated carbocycles. The van der Waals surface area contributed by atoms with Crippen molar-refractivity contribution >= 4 is 11.7 Å².